The van der Waals surface area contributed by atoms with E-state index in [0.29, 0.717) is 0 Å². The van der Waals surface area contributed by atoms with Gasteiger partial charge >= 0.3 is 11.4 Å². The molecule has 8 heteroatoms. The molecule has 9 heavy (non-hydrogen) atoms. The van der Waals surface area contributed by atoms with Gasteiger partial charge in [-0.05, 0) is 0 Å². The molecule has 0 rings (SSSR count). The van der Waals surface area contributed by atoms with E-state index >= 15 is 0 Å². The van der Waals surface area contributed by atoms with E-state index < -0.39 is 11.4 Å². The third-order valence-electron chi connectivity index (χ3n) is 0.178. The fourth-order valence-corrected chi connectivity index (χ4v) is 0.0845. The van der Waals surface area contributed by atoms with Crippen LogP contribution in [0.5, 0.6) is 0 Å². The van der Waals surface area contributed by atoms with E-state index in [2.05, 4.69) is 4.84 Å². The maximum atomic E-state index is 10.6. The maximum absolute atomic E-state index is 10.6. The van der Waals surface area contributed by atoms with Crippen LogP contribution in [0.25, 0.3) is 0 Å². The minimum absolute atomic E-state index is 0. The number of hydrogen-bond acceptors (Lipinski definition) is 3. The van der Waals surface area contributed by atoms with Crippen molar-refractivity contribution in [2.24, 2.45) is 0 Å². The van der Waals surface area contributed by atoms with E-state index in [4.69, 9.17) is 10.1 Å². The second-order valence-corrected chi connectivity index (χ2v) is 0.761. The van der Waals surface area contributed by atoms with Gasteiger partial charge in [-0.25, -0.2) is 4.84 Å². The van der Waals surface area contributed by atoms with Crippen LogP contribution in [0.3, 0.4) is 0 Å². The summed E-state index contributed by atoms with van der Waals surface area (Å²) in [6, 6.07) is 0. The summed E-state index contributed by atoms with van der Waals surface area (Å²) in [5, 5.41) is 6.96. The third kappa shape index (κ3) is 11.3. The summed E-state index contributed by atoms with van der Waals surface area (Å²) in [4.78, 5) is 11.0. The Labute approximate surface area is 59.3 Å². The fourth-order valence-electron chi connectivity index (χ4n) is 0.0845. The second kappa shape index (κ2) is 3.58. The number of alkyl halides is 3. The smallest absolute Gasteiger partial charge is 0.201 e. The van der Waals surface area contributed by atoms with E-state index in [-0.39, 0.29) is 18.9 Å². The molecule has 0 aromatic rings. The van der Waals surface area contributed by atoms with Crippen molar-refractivity contribution >= 4 is 18.9 Å². The van der Waals surface area contributed by atoms with Crippen molar-refractivity contribution in [3.63, 3.8) is 0 Å². The Morgan fingerprint density at radius 3 is 1.78 bits per heavy atom. The molecular weight excluding hydrogens is 138 g/mol. The number of nitrogens with zero attached hydrogens (tertiary/aromatic N) is 1. The minimum Gasteiger partial charge on any atom is -0.201 e. The summed E-state index contributed by atoms with van der Waals surface area (Å²) in [6.45, 7) is 0. The predicted octanol–water partition coefficient (Wildman–Crippen LogP) is 0.334. The fraction of sp³-hybridized carbons (Fsp3) is 1.00. The molecule has 0 aliphatic carbocycles. The van der Waals surface area contributed by atoms with Crippen molar-refractivity contribution in [1.82, 2.24) is 0 Å². The van der Waals surface area contributed by atoms with Gasteiger partial charge in [-0.15, -0.1) is 23.3 Å². The molecule has 0 aromatic heterocycles. The van der Waals surface area contributed by atoms with Gasteiger partial charge in [0.15, 0.2) is 0 Å². The Balaban J connectivity index is 0. The van der Waals surface area contributed by atoms with Gasteiger partial charge in [-0.1, -0.05) is 0 Å². The molecule has 0 unspecified atom stereocenters. The van der Waals surface area contributed by atoms with Crippen molar-refractivity contribution < 1.29 is 23.1 Å². The summed E-state index contributed by atoms with van der Waals surface area (Å²) in [5.74, 6) is 0. The zero-order valence-electron chi connectivity index (χ0n) is 4.31. The molecular formula is CF3LiNO3. The summed E-state index contributed by atoms with van der Waals surface area (Å²) in [5.41, 5.74) is 0. The number of rotatable bonds is 1. The summed E-state index contributed by atoms with van der Waals surface area (Å²) in [7, 11) is 0. The van der Waals surface area contributed by atoms with Crippen LogP contribution in [-0.2, 0) is 4.84 Å². The Morgan fingerprint density at radius 1 is 1.44 bits per heavy atom. The van der Waals surface area contributed by atoms with E-state index in [9.17, 15) is 13.2 Å². The van der Waals surface area contributed by atoms with Crippen LogP contribution >= 0.6 is 0 Å². The standard InChI is InChI=1S/CF3NO3.Li/c2-1(3,4)8-5(6)7;. The molecule has 49 valence electrons. The molecule has 0 saturated heterocycles. The van der Waals surface area contributed by atoms with Crippen LogP contribution in [0.15, 0.2) is 0 Å². The Hall–Kier alpha value is -0.413. The van der Waals surface area contributed by atoms with E-state index in [1.807, 2.05) is 0 Å². The van der Waals surface area contributed by atoms with Crippen LogP contribution in [0.1, 0.15) is 0 Å². The topological polar surface area (TPSA) is 52.4 Å². The van der Waals surface area contributed by atoms with Gasteiger partial charge < -0.3 is 0 Å². The summed E-state index contributed by atoms with van der Waals surface area (Å²) in [6.07, 6.45) is -5.18. The van der Waals surface area contributed by atoms with Gasteiger partial charge in [0, 0.05) is 18.9 Å². The first-order valence-electron chi connectivity index (χ1n) is 1.32. The van der Waals surface area contributed by atoms with Crippen molar-refractivity contribution in [3.05, 3.63) is 10.1 Å². The molecule has 0 saturated carbocycles. The molecule has 0 amide bonds. The molecule has 0 aliphatic rings. The largest absolute Gasteiger partial charge is 0.554 e. The van der Waals surface area contributed by atoms with Gasteiger partial charge in [0.05, 0.1) is 0 Å². The molecule has 0 atom stereocenters. The molecule has 0 heterocycles. The van der Waals surface area contributed by atoms with Gasteiger partial charge in [-0.3, -0.25) is 0 Å². The monoisotopic (exact) mass is 138 g/mol. The SMILES string of the molecule is O=[N+]([O-])OC(F)(F)F.[Li]. The quantitative estimate of drug-likeness (QED) is 0.298. The van der Waals surface area contributed by atoms with Gasteiger partial charge in [0.1, 0.15) is 0 Å². The number of hydrogen-bond donors (Lipinski definition) is 0. The van der Waals surface area contributed by atoms with Crippen molar-refractivity contribution in [3.8, 4) is 0 Å². The average Bonchev–Trinajstić information content (AvgIpc) is 1.21. The Kier molecular flexibility index (Phi) is 4.53. The molecule has 0 fully saturated rings. The van der Waals surface area contributed by atoms with Gasteiger partial charge in [0.2, 0.25) is 0 Å². The average molecular weight is 138 g/mol. The van der Waals surface area contributed by atoms with E-state index in [0.717, 1.165) is 0 Å². The van der Waals surface area contributed by atoms with E-state index in [1.165, 1.54) is 0 Å². The number of halogens is 3. The Bertz CT molecular complexity index is 102. The first-order valence-corrected chi connectivity index (χ1v) is 1.32. The van der Waals surface area contributed by atoms with Gasteiger partial charge in [-0.2, -0.15) is 0 Å². The van der Waals surface area contributed by atoms with Crippen LogP contribution in [0, 0.1) is 10.1 Å². The van der Waals surface area contributed by atoms with Crippen LogP contribution in [-0.4, -0.2) is 30.3 Å². The zero-order valence-corrected chi connectivity index (χ0v) is 4.31. The molecule has 1 radical (unpaired) electrons. The van der Waals surface area contributed by atoms with Crippen molar-refractivity contribution in [2.45, 2.75) is 6.36 Å². The molecule has 0 N–H and O–H groups in total. The maximum Gasteiger partial charge on any atom is 0.554 e. The van der Waals surface area contributed by atoms with E-state index in [1.54, 1.807) is 0 Å². The Morgan fingerprint density at radius 2 is 1.78 bits per heavy atom. The van der Waals surface area contributed by atoms with Crippen LogP contribution in [0.2, 0.25) is 0 Å². The third-order valence-corrected chi connectivity index (χ3v) is 0.178. The minimum atomic E-state index is -5.18. The van der Waals surface area contributed by atoms with Crippen LogP contribution in [0.4, 0.5) is 13.2 Å². The predicted molar refractivity (Wildman–Crippen MR) is 19.9 cm³/mol. The van der Waals surface area contributed by atoms with Crippen LogP contribution < -0.4 is 0 Å². The van der Waals surface area contributed by atoms with Crippen molar-refractivity contribution in [2.75, 3.05) is 0 Å². The summed E-state index contributed by atoms with van der Waals surface area (Å²) < 4.78 is 31.9. The molecule has 0 aromatic carbocycles. The molecule has 0 spiro atoms. The molecule has 0 aliphatic heterocycles. The second-order valence-electron chi connectivity index (χ2n) is 0.761. The first-order chi connectivity index (χ1) is 3.42. The van der Waals surface area contributed by atoms with Gasteiger partial charge in [0.25, 0.3) is 0 Å². The normalized spacial score (nSPS) is 9.67. The molecule has 0 bridgehead atoms. The zero-order chi connectivity index (χ0) is 6.78. The summed E-state index contributed by atoms with van der Waals surface area (Å²) >= 11 is 0. The molecule has 4 nitrogen and oxygen atoms in total. The van der Waals surface area contributed by atoms with Crippen molar-refractivity contribution in [1.29, 1.82) is 0 Å². The first kappa shape index (κ1) is 11.4.